The second-order valence-electron chi connectivity index (χ2n) is 4.19. The molecule has 82 valence electrons. The molecule has 0 aliphatic heterocycles. The van der Waals surface area contributed by atoms with E-state index in [0.717, 1.165) is 11.5 Å². The zero-order valence-electron chi connectivity index (χ0n) is 8.97. The number of aromatic amines is 1. The third-order valence-corrected chi connectivity index (χ3v) is 3.05. The first-order valence-corrected chi connectivity index (χ1v) is 5.73. The van der Waals surface area contributed by atoms with Gasteiger partial charge in [-0.05, 0) is 24.8 Å². The van der Waals surface area contributed by atoms with Gasteiger partial charge < -0.3 is 9.55 Å². The third kappa shape index (κ3) is 1.67. The van der Waals surface area contributed by atoms with Crippen molar-refractivity contribution in [2.75, 3.05) is 0 Å². The second-order valence-corrected chi connectivity index (χ2v) is 4.61. The van der Waals surface area contributed by atoms with Crippen molar-refractivity contribution >= 4 is 12.2 Å². The Balaban J connectivity index is 2.13. The van der Waals surface area contributed by atoms with Gasteiger partial charge in [-0.2, -0.15) is 0 Å². The van der Waals surface area contributed by atoms with Crippen molar-refractivity contribution in [1.82, 2.24) is 19.5 Å². The monoisotopic (exact) mass is 232 g/mol. The maximum Gasteiger partial charge on any atom is 0.157 e. The summed E-state index contributed by atoms with van der Waals surface area (Å²) in [5, 5.41) is 0. The van der Waals surface area contributed by atoms with Crippen LogP contribution in [-0.2, 0) is 7.05 Å². The Kier molecular flexibility index (Phi) is 2.14. The van der Waals surface area contributed by atoms with Gasteiger partial charge >= 0.3 is 0 Å². The second kappa shape index (κ2) is 3.52. The van der Waals surface area contributed by atoms with E-state index >= 15 is 0 Å². The molecule has 3 rings (SSSR count). The summed E-state index contributed by atoms with van der Waals surface area (Å²) in [7, 11) is 1.95. The summed E-state index contributed by atoms with van der Waals surface area (Å²) in [4.78, 5) is 11.8. The van der Waals surface area contributed by atoms with Crippen LogP contribution in [-0.4, -0.2) is 19.5 Å². The standard InChI is InChI=1S/C11H12N4S/c1-15-6-12-5-9(15)11-13-8(7-2-3-7)4-10(16)14-11/h4-7H,2-3H2,1H3,(H,13,14,16). The molecule has 1 aliphatic carbocycles. The molecular formula is C11H12N4S. The molecule has 2 heterocycles. The van der Waals surface area contributed by atoms with E-state index in [1.807, 2.05) is 17.7 Å². The molecule has 0 unspecified atom stereocenters. The van der Waals surface area contributed by atoms with Gasteiger partial charge in [0, 0.05) is 12.7 Å². The van der Waals surface area contributed by atoms with Gasteiger partial charge in [0.2, 0.25) is 0 Å². The Morgan fingerprint density at radius 1 is 1.50 bits per heavy atom. The summed E-state index contributed by atoms with van der Waals surface area (Å²) in [5.41, 5.74) is 2.17. The van der Waals surface area contributed by atoms with E-state index in [1.165, 1.54) is 18.5 Å². The first kappa shape index (κ1) is 9.72. The van der Waals surface area contributed by atoms with Gasteiger partial charge in [0.1, 0.15) is 10.3 Å². The molecule has 16 heavy (non-hydrogen) atoms. The molecule has 2 aromatic rings. The van der Waals surface area contributed by atoms with Crippen LogP contribution in [0.2, 0.25) is 0 Å². The maximum absolute atomic E-state index is 5.19. The van der Waals surface area contributed by atoms with Gasteiger partial charge in [-0.25, -0.2) is 9.97 Å². The minimum absolute atomic E-state index is 0.650. The molecule has 0 amide bonds. The molecule has 1 aliphatic rings. The quantitative estimate of drug-likeness (QED) is 0.809. The van der Waals surface area contributed by atoms with E-state index in [9.17, 15) is 0 Å². The Morgan fingerprint density at radius 2 is 2.31 bits per heavy atom. The molecule has 4 nitrogen and oxygen atoms in total. The van der Waals surface area contributed by atoms with E-state index in [1.54, 1.807) is 12.5 Å². The van der Waals surface area contributed by atoms with Gasteiger partial charge in [-0.3, -0.25) is 0 Å². The van der Waals surface area contributed by atoms with Crippen LogP contribution in [0.5, 0.6) is 0 Å². The fraction of sp³-hybridized carbons (Fsp3) is 0.364. The molecular weight excluding hydrogens is 220 g/mol. The van der Waals surface area contributed by atoms with Gasteiger partial charge in [0.15, 0.2) is 5.82 Å². The number of H-pyrrole nitrogens is 1. The summed E-state index contributed by atoms with van der Waals surface area (Å²) in [5.74, 6) is 1.46. The highest BCUT2D eigenvalue weighted by molar-refractivity contribution is 7.71. The highest BCUT2D eigenvalue weighted by Crippen LogP contribution is 2.39. The van der Waals surface area contributed by atoms with Crippen molar-refractivity contribution in [2.45, 2.75) is 18.8 Å². The predicted molar refractivity (Wildman–Crippen MR) is 63.6 cm³/mol. The van der Waals surface area contributed by atoms with Crippen LogP contribution in [0.4, 0.5) is 0 Å². The number of rotatable bonds is 2. The number of imidazole rings is 1. The summed E-state index contributed by atoms with van der Waals surface area (Å²) >= 11 is 5.19. The fourth-order valence-electron chi connectivity index (χ4n) is 1.80. The zero-order chi connectivity index (χ0) is 11.1. The normalized spacial score (nSPS) is 15.3. The Hall–Kier alpha value is -1.49. The van der Waals surface area contributed by atoms with Crippen LogP contribution in [0.15, 0.2) is 18.6 Å². The van der Waals surface area contributed by atoms with Gasteiger partial charge in [-0.15, -0.1) is 0 Å². The Morgan fingerprint density at radius 3 is 2.94 bits per heavy atom. The molecule has 0 radical (unpaired) electrons. The van der Waals surface area contributed by atoms with Crippen molar-refractivity contribution < 1.29 is 0 Å². The highest BCUT2D eigenvalue weighted by Gasteiger charge is 2.25. The number of nitrogens with one attached hydrogen (secondary N) is 1. The predicted octanol–water partition coefficient (Wildman–Crippen LogP) is 2.42. The lowest BCUT2D eigenvalue weighted by molar-refractivity contribution is 0.897. The fourth-order valence-corrected chi connectivity index (χ4v) is 2.02. The summed E-state index contributed by atoms with van der Waals surface area (Å²) < 4.78 is 2.58. The molecule has 1 saturated carbocycles. The maximum atomic E-state index is 5.19. The van der Waals surface area contributed by atoms with Crippen LogP contribution in [0, 0.1) is 4.64 Å². The molecule has 1 fully saturated rings. The summed E-state index contributed by atoms with van der Waals surface area (Å²) in [6, 6.07) is 1.97. The molecule has 5 heteroatoms. The van der Waals surface area contributed by atoms with Gasteiger partial charge in [0.05, 0.1) is 12.5 Å². The van der Waals surface area contributed by atoms with Crippen molar-refractivity contribution in [3.05, 3.63) is 28.9 Å². The summed E-state index contributed by atoms with van der Waals surface area (Å²) in [6.45, 7) is 0. The van der Waals surface area contributed by atoms with E-state index in [2.05, 4.69) is 15.0 Å². The minimum Gasteiger partial charge on any atom is -0.342 e. The molecule has 0 spiro atoms. The SMILES string of the molecule is Cn1cncc1-c1nc(=S)cc(C2CC2)[nH]1. The Labute approximate surface area is 98.4 Å². The van der Waals surface area contributed by atoms with Crippen LogP contribution in [0.25, 0.3) is 11.5 Å². The molecule has 0 saturated heterocycles. The van der Waals surface area contributed by atoms with Crippen molar-refractivity contribution in [1.29, 1.82) is 0 Å². The number of aryl methyl sites for hydroxylation is 1. The van der Waals surface area contributed by atoms with Crippen molar-refractivity contribution in [2.24, 2.45) is 7.05 Å². The lowest BCUT2D eigenvalue weighted by atomic mass is 10.3. The molecule has 0 atom stereocenters. The molecule has 0 bridgehead atoms. The van der Waals surface area contributed by atoms with E-state index in [-0.39, 0.29) is 0 Å². The van der Waals surface area contributed by atoms with Crippen LogP contribution < -0.4 is 0 Å². The van der Waals surface area contributed by atoms with Crippen molar-refractivity contribution in [3.8, 4) is 11.5 Å². The lowest BCUT2D eigenvalue weighted by Gasteiger charge is -2.05. The number of aromatic nitrogens is 4. The minimum atomic E-state index is 0.650. The van der Waals surface area contributed by atoms with E-state index in [0.29, 0.717) is 10.6 Å². The van der Waals surface area contributed by atoms with Crippen molar-refractivity contribution in [3.63, 3.8) is 0 Å². The van der Waals surface area contributed by atoms with Gasteiger partial charge in [-0.1, -0.05) is 12.2 Å². The van der Waals surface area contributed by atoms with Gasteiger partial charge in [0.25, 0.3) is 0 Å². The number of hydrogen-bond acceptors (Lipinski definition) is 3. The smallest absolute Gasteiger partial charge is 0.157 e. The number of hydrogen-bond donors (Lipinski definition) is 1. The lowest BCUT2D eigenvalue weighted by Crippen LogP contribution is -1.98. The largest absolute Gasteiger partial charge is 0.342 e. The highest BCUT2D eigenvalue weighted by atomic mass is 32.1. The average Bonchev–Trinajstić information content (AvgIpc) is 3.01. The number of nitrogens with zero attached hydrogens (tertiary/aromatic N) is 3. The molecule has 1 N–H and O–H groups in total. The molecule has 2 aromatic heterocycles. The average molecular weight is 232 g/mol. The third-order valence-electron chi connectivity index (χ3n) is 2.84. The van der Waals surface area contributed by atoms with Crippen LogP contribution >= 0.6 is 12.2 Å². The summed E-state index contributed by atoms with van der Waals surface area (Å²) in [6.07, 6.45) is 6.06. The Bertz CT molecular complexity index is 580. The first-order chi connectivity index (χ1) is 7.74. The zero-order valence-corrected chi connectivity index (χ0v) is 9.79. The van der Waals surface area contributed by atoms with Crippen LogP contribution in [0.1, 0.15) is 24.5 Å². The first-order valence-electron chi connectivity index (χ1n) is 5.32. The van der Waals surface area contributed by atoms with E-state index in [4.69, 9.17) is 12.2 Å². The molecule has 0 aromatic carbocycles. The topological polar surface area (TPSA) is 46.5 Å². The van der Waals surface area contributed by atoms with Crippen LogP contribution in [0.3, 0.4) is 0 Å². The van der Waals surface area contributed by atoms with E-state index < -0.39 is 0 Å².